The van der Waals surface area contributed by atoms with Crippen molar-refractivity contribution in [2.75, 3.05) is 10.5 Å². The molecule has 0 aliphatic heterocycles. The molecule has 1 aromatic carbocycles. The highest BCUT2D eigenvalue weighted by Crippen LogP contribution is 2.33. The Morgan fingerprint density at radius 2 is 2.06 bits per heavy atom. The van der Waals surface area contributed by atoms with Crippen LogP contribution in [0.15, 0.2) is 18.2 Å². The van der Waals surface area contributed by atoms with Crippen LogP contribution in [-0.2, 0) is 10.0 Å². The van der Waals surface area contributed by atoms with Gasteiger partial charge in [-0.25, -0.2) is 8.42 Å². The summed E-state index contributed by atoms with van der Waals surface area (Å²) < 4.78 is 25.4. The molecule has 1 aromatic rings. The average molecular weight is 274 g/mol. The van der Waals surface area contributed by atoms with E-state index in [1.807, 2.05) is 4.72 Å². The summed E-state index contributed by atoms with van der Waals surface area (Å²) >= 11 is 0. The van der Waals surface area contributed by atoms with Crippen LogP contribution < -0.4 is 4.72 Å². The molecule has 8 heteroatoms. The highest BCUT2D eigenvalue weighted by Gasteiger charge is 2.22. The van der Waals surface area contributed by atoms with E-state index in [0.717, 1.165) is 6.07 Å². The number of sulfonamides is 1. The van der Waals surface area contributed by atoms with E-state index in [9.17, 15) is 23.6 Å². The second kappa shape index (κ2) is 5.21. The molecule has 0 saturated heterocycles. The van der Waals surface area contributed by atoms with Gasteiger partial charge in [-0.15, -0.1) is 0 Å². The van der Waals surface area contributed by atoms with Gasteiger partial charge in [0.2, 0.25) is 10.0 Å². The highest BCUT2D eigenvalue weighted by atomic mass is 32.2. The van der Waals surface area contributed by atoms with E-state index in [1.54, 1.807) is 13.8 Å². The average Bonchev–Trinajstić information content (AvgIpc) is 2.18. The summed E-state index contributed by atoms with van der Waals surface area (Å²) in [6.45, 7) is 3.41. The van der Waals surface area contributed by atoms with Crippen LogP contribution in [0.4, 0.5) is 11.4 Å². The van der Waals surface area contributed by atoms with Crippen molar-refractivity contribution in [2.45, 2.75) is 13.8 Å². The van der Waals surface area contributed by atoms with Crippen LogP contribution >= 0.6 is 0 Å². The summed E-state index contributed by atoms with van der Waals surface area (Å²) in [5.74, 6) is -0.790. The van der Waals surface area contributed by atoms with Gasteiger partial charge in [0, 0.05) is 6.07 Å². The fourth-order valence-electron chi connectivity index (χ4n) is 1.42. The minimum absolute atomic E-state index is 0.132. The molecule has 18 heavy (non-hydrogen) atoms. The van der Waals surface area contributed by atoms with Crippen LogP contribution in [0.3, 0.4) is 0 Å². The molecular formula is C10H14N2O5S. The van der Waals surface area contributed by atoms with E-state index < -0.39 is 32.1 Å². The summed E-state index contributed by atoms with van der Waals surface area (Å²) in [6, 6.07) is 3.57. The molecule has 0 aliphatic carbocycles. The fourth-order valence-corrected chi connectivity index (χ4v) is 2.90. The number of nitro groups is 1. The molecule has 0 radical (unpaired) electrons. The van der Waals surface area contributed by atoms with Gasteiger partial charge in [0.1, 0.15) is 5.75 Å². The molecule has 0 heterocycles. The lowest BCUT2D eigenvalue weighted by Crippen LogP contribution is -2.20. The number of nitrogens with one attached hydrogen (secondary N) is 1. The van der Waals surface area contributed by atoms with Crippen molar-refractivity contribution in [1.82, 2.24) is 0 Å². The van der Waals surface area contributed by atoms with Crippen molar-refractivity contribution in [1.29, 1.82) is 0 Å². The third-order valence-electron chi connectivity index (χ3n) is 2.03. The third-order valence-corrected chi connectivity index (χ3v) is 3.65. The molecule has 1 rings (SSSR count). The monoisotopic (exact) mass is 274 g/mol. The summed E-state index contributed by atoms with van der Waals surface area (Å²) in [4.78, 5) is 9.98. The Morgan fingerprint density at radius 1 is 1.44 bits per heavy atom. The van der Waals surface area contributed by atoms with Gasteiger partial charge in [-0.1, -0.05) is 19.9 Å². The van der Waals surface area contributed by atoms with E-state index in [-0.39, 0.29) is 11.7 Å². The number of nitrogens with zero attached hydrogens (tertiary/aromatic N) is 1. The third kappa shape index (κ3) is 3.59. The Labute approximate surface area is 105 Å². The first kappa shape index (κ1) is 14.2. The summed E-state index contributed by atoms with van der Waals surface area (Å²) in [5, 5.41) is 20.2. The Balaban J connectivity index is 3.15. The Bertz CT molecular complexity index is 553. The zero-order valence-electron chi connectivity index (χ0n) is 9.95. The van der Waals surface area contributed by atoms with E-state index in [4.69, 9.17) is 0 Å². The van der Waals surface area contributed by atoms with Crippen LogP contribution in [0.5, 0.6) is 5.75 Å². The van der Waals surface area contributed by atoms with Gasteiger partial charge >= 0.3 is 0 Å². The van der Waals surface area contributed by atoms with Crippen LogP contribution in [0.1, 0.15) is 13.8 Å². The Morgan fingerprint density at radius 3 is 2.56 bits per heavy atom. The molecule has 100 valence electrons. The predicted molar refractivity (Wildman–Crippen MR) is 67.0 cm³/mol. The zero-order chi connectivity index (χ0) is 13.9. The molecule has 0 atom stereocenters. The van der Waals surface area contributed by atoms with Crippen LogP contribution in [0, 0.1) is 16.0 Å². The number of phenols is 1. The quantitative estimate of drug-likeness (QED) is 0.482. The lowest BCUT2D eigenvalue weighted by molar-refractivity contribution is -0.383. The first-order valence-electron chi connectivity index (χ1n) is 5.20. The molecule has 0 spiro atoms. The number of benzene rings is 1. The molecule has 0 saturated carbocycles. The van der Waals surface area contributed by atoms with Crippen molar-refractivity contribution in [3.63, 3.8) is 0 Å². The topological polar surface area (TPSA) is 110 Å². The van der Waals surface area contributed by atoms with E-state index in [2.05, 4.69) is 0 Å². The van der Waals surface area contributed by atoms with Crippen molar-refractivity contribution in [3.8, 4) is 5.75 Å². The lowest BCUT2D eigenvalue weighted by atomic mass is 10.2. The summed E-state index contributed by atoms with van der Waals surface area (Å²) in [5.41, 5.74) is -0.884. The molecule has 0 amide bonds. The SMILES string of the molecule is CC(C)CS(=O)(=O)Nc1c(O)cccc1[N+](=O)[O-]. The first-order valence-corrected chi connectivity index (χ1v) is 6.85. The maximum atomic E-state index is 11.7. The number of hydrogen-bond acceptors (Lipinski definition) is 5. The smallest absolute Gasteiger partial charge is 0.297 e. The Kier molecular flexibility index (Phi) is 4.12. The molecule has 0 unspecified atom stereocenters. The number of hydrogen-bond donors (Lipinski definition) is 2. The van der Waals surface area contributed by atoms with Crippen LogP contribution in [0.2, 0.25) is 0 Å². The predicted octanol–water partition coefficient (Wildman–Crippen LogP) is 1.70. The van der Waals surface area contributed by atoms with Gasteiger partial charge < -0.3 is 5.11 Å². The lowest BCUT2D eigenvalue weighted by Gasteiger charge is -2.11. The van der Waals surface area contributed by atoms with Gasteiger partial charge in [-0.3, -0.25) is 14.8 Å². The maximum absolute atomic E-state index is 11.7. The number of anilines is 1. The minimum atomic E-state index is -3.73. The summed E-state index contributed by atoms with van der Waals surface area (Å²) in [7, 11) is -3.73. The number of phenolic OH excluding ortho intramolecular Hbond substituents is 1. The maximum Gasteiger partial charge on any atom is 0.297 e. The minimum Gasteiger partial charge on any atom is -0.505 e. The number of nitro benzene ring substituents is 1. The zero-order valence-corrected chi connectivity index (χ0v) is 10.8. The molecule has 0 aromatic heterocycles. The van der Waals surface area contributed by atoms with E-state index >= 15 is 0 Å². The van der Waals surface area contributed by atoms with Crippen LogP contribution in [0.25, 0.3) is 0 Å². The molecular weight excluding hydrogens is 260 g/mol. The molecule has 0 fully saturated rings. The first-order chi connectivity index (χ1) is 8.23. The second-order valence-electron chi connectivity index (χ2n) is 4.21. The molecule has 0 aliphatic rings. The van der Waals surface area contributed by atoms with Gasteiger partial charge in [-0.05, 0) is 12.0 Å². The fraction of sp³-hybridized carbons (Fsp3) is 0.400. The van der Waals surface area contributed by atoms with E-state index in [1.165, 1.54) is 12.1 Å². The van der Waals surface area contributed by atoms with E-state index in [0.29, 0.717) is 0 Å². The van der Waals surface area contributed by atoms with Gasteiger partial charge in [0.15, 0.2) is 5.69 Å². The molecule has 7 nitrogen and oxygen atoms in total. The van der Waals surface area contributed by atoms with Gasteiger partial charge in [0.25, 0.3) is 5.69 Å². The normalized spacial score (nSPS) is 11.5. The van der Waals surface area contributed by atoms with Gasteiger partial charge in [0.05, 0.1) is 10.7 Å². The standard InChI is InChI=1S/C10H14N2O5S/c1-7(2)6-18(16,17)11-10-8(12(14)15)4-3-5-9(10)13/h3-5,7,11,13H,6H2,1-2H3. The summed E-state index contributed by atoms with van der Waals surface area (Å²) in [6.07, 6.45) is 0. The van der Waals surface area contributed by atoms with Gasteiger partial charge in [-0.2, -0.15) is 0 Å². The number of aromatic hydroxyl groups is 1. The second-order valence-corrected chi connectivity index (χ2v) is 5.97. The van der Waals surface area contributed by atoms with Crippen molar-refractivity contribution < 1.29 is 18.4 Å². The number of rotatable bonds is 5. The van der Waals surface area contributed by atoms with Crippen molar-refractivity contribution in [3.05, 3.63) is 28.3 Å². The molecule has 2 N–H and O–H groups in total. The van der Waals surface area contributed by atoms with Crippen molar-refractivity contribution in [2.24, 2.45) is 5.92 Å². The Hall–Kier alpha value is -1.83. The highest BCUT2D eigenvalue weighted by molar-refractivity contribution is 7.92. The number of para-hydroxylation sites is 1. The molecule has 0 bridgehead atoms. The largest absolute Gasteiger partial charge is 0.505 e. The van der Waals surface area contributed by atoms with Crippen LogP contribution in [-0.4, -0.2) is 24.2 Å². The van der Waals surface area contributed by atoms with Crippen molar-refractivity contribution >= 4 is 21.4 Å².